The summed E-state index contributed by atoms with van der Waals surface area (Å²) < 4.78 is 4.65. The minimum absolute atomic E-state index is 0.0496. The van der Waals surface area contributed by atoms with Gasteiger partial charge >= 0.3 is 6.09 Å². The van der Waals surface area contributed by atoms with Crippen molar-refractivity contribution in [1.82, 2.24) is 40.4 Å². The van der Waals surface area contributed by atoms with E-state index in [1.165, 1.54) is 7.11 Å². The summed E-state index contributed by atoms with van der Waals surface area (Å²) in [5.74, 6) is 7.84. The Balaban J connectivity index is 1.19. The normalized spacial score (nSPS) is 16.0. The molecular formula is C40H50N8O4. The standard InChI is InChI=1S/C40H50N8O4/c1-24(2)34(46-40(51)52-8)38(49)43-26(5)36-41-22-31(44-36)29-17-13-27(14-18-29)11-12-28-15-19-30(20-16-28)32-23-42-37(45-32)33-10-9-21-48(33)39(50)35(25(3)4)47(6)7/h13-20,22-26,33-35H,9-10,21H2,1-8H3,(H,41,44)(H,42,45)(H,43,49)(H,46,51)/t26-,33-,34-,35-/m0/s1. The van der Waals surface area contributed by atoms with Crippen molar-refractivity contribution in [2.24, 2.45) is 11.8 Å². The van der Waals surface area contributed by atoms with Crippen LogP contribution in [0.15, 0.2) is 60.9 Å². The second-order valence-electron chi connectivity index (χ2n) is 14.2. The monoisotopic (exact) mass is 706 g/mol. The fraction of sp³-hybridized carbons (Fsp3) is 0.425. The summed E-state index contributed by atoms with van der Waals surface area (Å²) in [6.45, 7) is 10.5. The second kappa shape index (κ2) is 16.7. The lowest BCUT2D eigenvalue weighted by Crippen LogP contribution is -2.50. The van der Waals surface area contributed by atoms with Crippen molar-refractivity contribution in [3.63, 3.8) is 0 Å². The molecule has 1 fully saturated rings. The van der Waals surface area contributed by atoms with E-state index in [2.05, 4.69) is 56.0 Å². The van der Waals surface area contributed by atoms with Crippen LogP contribution in [0.1, 0.15) is 82.3 Å². The molecule has 5 rings (SSSR count). The van der Waals surface area contributed by atoms with Gasteiger partial charge in [0.2, 0.25) is 11.8 Å². The number of aromatic amines is 2. The highest BCUT2D eigenvalue weighted by atomic mass is 16.5. The fourth-order valence-electron chi connectivity index (χ4n) is 6.65. The van der Waals surface area contributed by atoms with Crippen LogP contribution in [0.2, 0.25) is 0 Å². The number of imidazole rings is 2. The number of H-pyrrole nitrogens is 2. The maximum absolute atomic E-state index is 13.5. The summed E-state index contributed by atoms with van der Waals surface area (Å²) in [4.78, 5) is 58.0. The number of nitrogens with zero attached hydrogens (tertiary/aromatic N) is 4. The van der Waals surface area contributed by atoms with Gasteiger partial charge in [0.05, 0.1) is 49.0 Å². The van der Waals surface area contributed by atoms with Crippen LogP contribution >= 0.6 is 0 Å². The smallest absolute Gasteiger partial charge is 0.407 e. The molecule has 12 nitrogen and oxygen atoms in total. The number of alkyl carbamates (subject to hydrolysis) is 1. The number of ether oxygens (including phenoxy) is 1. The van der Waals surface area contributed by atoms with Gasteiger partial charge in [0.25, 0.3) is 0 Å². The molecule has 274 valence electrons. The van der Waals surface area contributed by atoms with Gasteiger partial charge in [-0.2, -0.15) is 0 Å². The molecule has 0 unspecified atom stereocenters. The summed E-state index contributed by atoms with van der Waals surface area (Å²) in [6, 6.07) is 14.5. The van der Waals surface area contributed by atoms with Gasteiger partial charge in [0.1, 0.15) is 17.7 Å². The highest BCUT2D eigenvalue weighted by Crippen LogP contribution is 2.33. The largest absolute Gasteiger partial charge is 0.453 e. The van der Waals surface area contributed by atoms with E-state index in [1.54, 1.807) is 6.20 Å². The molecule has 3 heterocycles. The predicted octanol–water partition coefficient (Wildman–Crippen LogP) is 5.67. The van der Waals surface area contributed by atoms with Crippen LogP contribution < -0.4 is 10.6 Å². The van der Waals surface area contributed by atoms with Crippen molar-refractivity contribution < 1.29 is 19.1 Å². The molecule has 1 aliphatic heterocycles. The topological polar surface area (TPSA) is 148 Å². The van der Waals surface area contributed by atoms with E-state index < -0.39 is 18.2 Å². The van der Waals surface area contributed by atoms with E-state index in [4.69, 9.17) is 4.98 Å². The van der Waals surface area contributed by atoms with Gasteiger partial charge in [-0.05, 0) is 81.1 Å². The summed E-state index contributed by atoms with van der Waals surface area (Å²) in [7, 11) is 5.19. The number of nitrogens with one attached hydrogen (secondary N) is 4. The minimum Gasteiger partial charge on any atom is -0.453 e. The lowest BCUT2D eigenvalue weighted by molar-refractivity contribution is -0.138. The number of likely N-dealkylation sites (tertiary alicyclic amines) is 1. The third kappa shape index (κ3) is 8.90. The lowest BCUT2D eigenvalue weighted by atomic mass is 10.0. The maximum atomic E-state index is 13.5. The summed E-state index contributed by atoms with van der Waals surface area (Å²) >= 11 is 0. The van der Waals surface area contributed by atoms with E-state index in [0.717, 1.165) is 58.9 Å². The van der Waals surface area contributed by atoms with Gasteiger partial charge in [0.15, 0.2) is 0 Å². The number of likely N-dealkylation sites (N-methyl/N-ethyl adjacent to an activating group) is 1. The molecule has 12 heteroatoms. The molecule has 4 aromatic rings. The van der Waals surface area contributed by atoms with Gasteiger partial charge in [-0.1, -0.05) is 63.8 Å². The number of benzene rings is 2. The molecule has 4 atom stereocenters. The summed E-state index contributed by atoms with van der Waals surface area (Å²) in [6.07, 6.45) is 4.77. The third-order valence-corrected chi connectivity index (χ3v) is 9.40. The number of hydrogen-bond donors (Lipinski definition) is 4. The van der Waals surface area contributed by atoms with Crippen LogP contribution in [0.4, 0.5) is 4.79 Å². The molecule has 2 aromatic heterocycles. The van der Waals surface area contributed by atoms with Gasteiger partial charge in [-0.25, -0.2) is 14.8 Å². The Hall–Kier alpha value is -5.41. The van der Waals surface area contributed by atoms with E-state index in [-0.39, 0.29) is 35.7 Å². The first-order valence-corrected chi connectivity index (χ1v) is 17.8. The Morgan fingerprint density at radius 2 is 1.42 bits per heavy atom. The van der Waals surface area contributed by atoms with Crippen LogP contribution in [0, 0.1) is 23.7 Å². The molecule has 1 aliphatic rings. The third-order valence-electron chi connectivity index (χ3n) is 9.40. The molecule has 52 heavy (non-hydrogen) atoms. The first kappa shape index (κ1) is 37.8. The van der Waals surface area contributed by atoms with E-state index in [1.807, 2.05) is 99.4 Å². The summed E-state index contributed by atoms with van der Waals surface area (Å²) in [5, 5.41) is 5.49. The number of amides is 3. The molecular weight excluding hydrogens is 656 g/mol. The van der Waals surface area contributed by atoms with Crippen LogP contribution in [0.25, 0.3) is 22.5 Å². The van der Waals surface area contributed by atoms with Crippen LogP contribution in [0.5, 0.6) is 0 Å². The van der Waals surface area contributed by atoms with Gasteiger partial charge in [-0.15, -0.1) is 0 Å². The number of rotatable bonds is 11. The molecule has 0 radical (unpaired) electrons. The van der Waals surface area contributed by atoms with Crippen LogP contribution in [0.3, 0.4) is 0 Å². The number of carbonyl (C=O) groups excluding carboxylic acids is 3. The summed E-state index contributed by atoms with van der Waals surface area (Å²) in [5.41, 5.74) is 5.41. The molecule has 0 saturated carbocycles. The van der Waals surface area contributed by atoms with Gasteiger partial charge in [0, 0.05) is 17.7 Å². The van der Waals surface area contributed by atoms with E-state index >= 15 is 0 Å². The van der Waals surface area contributed by atoms with E-state index in [0.29, 0.717) is 5.82 Å². The molecule has 1 saturated heterocycles. The molecule has 2 aromatic carbocycles. The first-order chi connectivity index (χ1) is 24.9. The quantitative estimate of drug-likeness (QED) is 0.147. The molecule has 4 N–H and O–H groups in total. The van der Waals surface area contributed by atoms with Crippen LogP contribution in [-0.2, 0) is 14.3 Å². The van der Waals surface area contributed by atoms with Gasteiger partial charge < -0.3 is 30.2 Å². The van der Waals surface area contributed by atoms with Gasteiger partial charge in [-0.3, -0.25) is 14.5 Å². The average Bonchev–Trinajstić information content (AvgIpc) is 3.91. The Bertz CT molecular complexity index is 1890. The second-order valence-corrected chi connectivity index (χ2v) is 14.2. The Morgan fingerprint density at radius 1 is 0.846 bits per heavy atom. The minimum atomic E-state index is -0.737. The van der Waals surface area contributed by atoms with Crippen LogP contribution in [-0.4, -0.2) is 87.5 Å². The Kier molecular flexibility index (Phi) is 12.2. The first-order valence-electron chi connectivity index (χ1n) is 17.8. The van der Waals surface area contributed by atoms with Crippen molar-refractivity contribution in [3.8, 4) is 34.4 Å². The number of hydrogen-bond acceptors (Lipinski definition) is 7. The Morgan fingerprint density at radius 3 is 1.96 bits per heavy atom. The highest BCUT2D eigenvalue weighted by molar-refractivity contribution is 5.86. The molecule has 3 amide bonds. The zero-order valence-corrected chi connectivity index (χ0v) is 31.3. The molecule has 0 spiro atoms. The van der Waals surface area contributed by atoms with Crippen molar-refractivity contribution in [2.75, 3.05) is 27.7 Å². The van der Waals surface area contributed by atoms with Crippen molar-refractivity contribution in [3.05, 3.63) is 83.7 Å². The molecule has 0 bridgehead atoms. The number of methoxy groups -OCH3 is 1. The number of aromatic nitrogens is 4. The molecule has 0 aliphatic carbocycles. The SMILES string of the molecule is COC(=O)N[C@H](C(=O)N[C@@H](C)c1ncc(-c2ccc(C#Cc3ccc(-c4cnc([C@@H]5CCCN5C(=O)[C@H](C(C)C)N(C)C)[nH]4)cc3)cc2)[nH]1)C(C)C. The van der Waals surface area contributed by atoms with Crippen molar-refractivity contribution in [1.29, 1.82) is 0 Å². The lowest BCUT2D eigenvalue weighted by Gasteiger charge is -2.33. The average molecular weight is 707 g/mol. The Labute approximate surface area is 306 Å². The van der Waals surface area contributed by atoms with Crippen molar-refractivity contribution >= 4 is 17.9 Å². The zero-order valence-electron chi connectivity index (χ0n) is 31.3. The predicted molar refractivity (Wildman–Crippen MR) is 201 cm³/mol. The fourth-order valence-corrected chi connectivity index (χ4v) is 6.65. The van der Waals surface area contributed by atoms with Crippen molar-refractivity contribution in [2.45, 2.75) is 71.6 Å². The highest BCUT2D eigenvalue weighted by Gasteiger charge is 2.37. The maximum Gasteiger partial charge on any atom is 0.407 e. The number of carbonyl (C=O) groups is 3. The zero-order chi connectivity index (χ0) is 37.5. The van der Waals surface area contributed by atoms with E-state index in [9.17, 15) is 14.4 Å².